The summed E-state index contributed by atoms with van der Waals surface area (Å²) < 4.78 is -1.48. The highest BCUT2D eigenvalue weighted by atomic mass is 32.2. The maximum Gasteiger partial charge on any atom is 0.290 e. The summed E-state index contributed by atoms with van der Waals surface area (Å²) in [5.74, 6) is -1.36. The molecule has 2 saturated heterocycles. The van der Waals surface area contributed by atoms with Crippen LogP contribution in [0.2, 0.25) is 0 Å². The lowest BCUT2D eigenvalue weighted by atomic mass is 9.71. The van der Waals surface area contributed by atoms with E-state index in [4.69, 9.17) is 12.2 Å². The molecule has 42 heavy (non-hydrogen) atoms. The molecule has 0 unspecified atom stereocenters. The minimum atomic E-state index is -1.48. The molecule has 3 aliphatic heterocycles. The van der Waals surface area contributed by atoms with Crippen molar-refractivity contribution in [1.82, 2.24) is 10.2 Å². The van der Waals surface area contributed by atoms with Crippen molar-refractivity contribution in [3.05, 3.63) is 137 Å². The molecule has 0 bridgehead atoms. The number of rotatable bonds is 5. The van der Waals surface area contributed by atoms with E-state index in [2.05, 4.69) is 5.32 Å². The number of thiocarbonyl (C=S) groups is 1. The molecule has 208 valence electrons. The third kappa shape index (κ3) is 3.78. The Hall–Kier alpha value is -4.27. The maximum atomic E-state index is 14.9. The Balaban J connectivity index is 1.40. The summed E-state index contributed by atoms with van der Waals surface area (Å²) in [6.45, 7) is 2.49. The van der Waals surface area contributed by atoms with Gasteiger partial charge in [-0.25, -0.2) is 0 Å². The molecule has 2 spiro atoms. The van der Waals surface area contributed by atoms with Crippen molar-refractivity contribution in [2.75, 3.05) is 4.90 Å². The third-order valence-corrected chi connectivity index (χ3v) is 10.4. The van der Waals surface area contributed by atoms with Gasteiger partial charge in [0.05, 0.1) is 24.7 Å². The van der Waals surface area contributed by atoms with Gasteiger partial charge in [-0.15, -0.1) is 0 Å². The minimum Gasteiger partial charge on any atom is -0.360 e. The molecule has 1 N–H and O–H groups in total. The standard InChI is InChI=1S/C34H27N3O3S2/c1-22-16-18-25(19-17-22)28-33(26-14-8-9-15-27(26)36(30(33)38)20-23-10-4-2-5-11-23)35-29(41)34(28)31(39)37(32(40)42-34)21-24-12-6-3-7-13-24/h2-19,28H,20-21H2,1H3,(H,35,41)/t28-,33+,34-/m1/s1. The molecule has 4 aromatic rings. The highest BCUT2D eigenvalue weighted by molar-refractivity contribution is 8.17. The van der Waals surface area contributed by atoms with E-state index in [1.807, 2.05) is 116 Å². The first-order chi connectivity index (χ1) is 20.4. The van der Waals surface area contributed by atoms with Gasteiger partial charge in [-0.1, -0.05) is 121 Å². The van der Waals surface area contributed by atoms with Crippen molar-refractivity contribution < 1.29 is 14.4 Å². The number of nitrogens with one attached hydrogen (secondary N) is 1. The normalized spacial score (nSPS) is 24.6. The SMILES string of the molecule is Cc1ccc([C@H]2[C@@]3(SC(=O)N(Cc4ccccc4)C3=O)C(=S)N[C@]23C(=O)N(Cc2ccccc2)c2ccccc23)cc1. The number of carbonyl (C=O) groups excluding carboxylic acids is 3. The number of aryl methyl sites for hydroxylation is 1. The van der Waals surface area contributed by atoms with Crippen LogP contribution >= 0.6 is 24.0 Å². The molecule has 3 heterocycles. The van der Waals surface area contributed by atoms with Crippen LogP contribution in [0.5, 0.6) is 0 Å². The van der Waals surface area contributed by atoms with Crippen molar-refractivity contribution in [1.29, 1.82) is 0 Å². The summed E-state index contributed by atoms with van der Waals surface area (Å²) >= 11 is 6.93. The van der Waals surface area contributed by atoms with E-state index in [-0.39, 0.29) is 22.7 Å². The second-order valence-corrected chi connectivity index (χ2v) is 12.6. The number of fused-ring (bicyclic) bond motifs is 2. The van der Waals surface area contributed by atoms with Crippen molar-refractivity contribution in [3.8, 4) is 0 Å². The average molecular weight is 590 g/mol. The molecule has 4 aromatic carbocycles. The van der Waals surface area contributed by atoms with Gasteiger partial charge in [-0.2, -0.15) is 0 Å². The summed E-state index contributed by atoms with van der Waals surface area (Å²) in [6, 6.07) is 34.8. The van der Waals surface area contributed by atoms with Crippen molar-refractivity contribution in [3.63, 3.8) is 0 Å². The predicted octanol–water partition coefficient (Wildman–Crippen LogP) is 6.09. The molecule has 0 aliphatic carbocycles. The van der Waals surface area contributed by atoms with Gasteiger partial charge in [0.2, 0.25) is 0 Å². The summed E-state index contributed by atoms with van der Waals surface area (Å²) in [5, 5.41) is 3.03. The van der Waals surface area contributed by atoms with Crippen LogP contribution < -0.4 is 10.2 Å². The van der Waals surface area contributed by atoms with E-state index in [1.54, 1.807) is 4.90 Å². The highest BCUT2D eigenvalue weighted by Gasteiger charge is 2.75. The lowest BCUT2D eigenvalue weighted by Gasteiger charge is -2.35. The number of nitrogens with zero attached hydrogens (tertiary/aromatic N) is 2. The molecule has 7 rings (SSSR count). The number of para-hydroxylation sites is 1. The fourth-order valence-electron chi connectivity index (χ4n) is 6.57. The van der Waals surface area contributed by atoms with Gasteiger partial charge in [-0.3, -0.25) is 19.3 Å². The van der Waals surface area contributed by atoms with Crippen molar-refractivity contribution in [2.24, 2.45) is 0 Å². The Labute approximate surface area is 253 Å². The van der Waals surface area contributed by atoms with E-state index in [9.17, 15) is 14.4 Å². The second kappa shape index (κ2) is 9.93. The quantitative estimate of drug-likeness (QED) is 0.285. The summed E-state index contributed by atoms with van der Waals surface area (Å²) in [5.41, 5.74) is 3.78. The Bertz CT molecular complexity index is 1750. The molecule has 3 aliphatic rings. The lowest BCUT2D eigenvalue weighted by Crippen LogP contribution is -2.52. The van der Waals surface area contributed by atoms with Gasteiger partial charge in [-0.05, 0) is 41.4 Å². The molecule has 2 fully saturated rings. The fourth-order valence-corrected chi connectivity index (χ4v) is 8.37. The van der Waals surface area contributed by atoms with Crippen LogP contribution in [0, 0.1) is 6.92 Å². The first kappa shape index (κ1) is 26.6. The van der Waals surface area contributed by atoms with Gasteiger partial charge in [0.25, 0.3) is 17.1 Å². The van der Waals surface area contributed by atoms with Crippen LogP contribution in [0.25, 0.3) is 0 Å². The van der Waals surface area contributed by atoms with Crippen LogP contribution in [0.3, 0.4) is 0 Å². The number of benzene rings is 4. The Morgan fingerprint density at radius 2 is 1.31 bits per heavy atom. The molecule has 0 aromatic heterocycles. The fraction of sp³-hybridized carbons (Fsp3) is 0.176. The monoisotopic (exact) mass is 589 g/mol. The van der Waals surface area contributed by atoms with Crippen molar-refractivity contribution in [2.45, 2.75) is 36.2 Å². The Morgan fingerprint density at radius 3 is 1.95 bits per heavy atom. The number of hydrogen-bond acceptors (Lipinski definition) is 5. The lowest BCUT2D eigenvalue weighted by molar-refractivity contribution is -0.129. The first-order valence-electron chi connectivity index (χ1n) is 13.8. The largest absolute Gasteiger partial charge is 0.360 e. The second-order valence-electron chi connectivity index (χ2n) is 11.0. The van der Waals surface area contributed by atoms with Crippen LogP contribution in [0.4, 0.5) is 10.5 Å². The zero-order valence-electron chi connectivity index (χ0n) is 22.8. The number of carbonyl (C=O) groups is 3. The van der Waals surface area contributed by atoms with Crippen LogP contribution in [0.1, 0.15) is 33.7 Å². The zero-order valence-corrected chi connectivity index (χ0v) is 24.5. The predicted molar refractivity (Wildman–Crippen MR) is 168 cm³/mol. The van der Waals surface area contributed by atoms with E-state index in [0.29, 0.717) is 6.54 Å². The number of amides is 3. The summed E-state index contributed by atoms with van der Waals surface area (Å²) in [7, 11) is 0. The average Bonchev–Trinajstić information content (AvgIpc) is 3.51. The summed E-state index contributed by atoms with van der Waals surface area (Å²) in [6.07, 6.45) is 0. The van der Waals surface area contributed by atoms with Crippen LogP contribution in [-0.4, -0.2) is 31.7 Å². The molecule has 8 heteroatoms. The van der Waals surface area contributed by atoms with E-state index >= 15 is 0 Å². The number of thioether (sulfide) groups is 1. The molecular weight excluding hydrogens is 563 g/mol. The van der Waals surface area contributed by atoms with E-state index in [0.717, 1.165) is 45.3 Å². The third-order valence-electron chi connectivity index (χ3n) is 8.50. The van der Waals surface area contributed by atoms with Gasteiger partial charge in [0.15, 0.2) is 10.3 Å². The Kier molecular flexibility index (Phi) is 6.29. The van der Waals surface area contributed by atoms with Crippen LogP contribution in [0.15, 0.2) is 109 Å². The summed E-state index contributed by atoms with van der Waals surface area (Å²) in [4.78, 5) is 46.3. The van der Waals surface area contributed by atoms with E-state index in [1.165, 1.54) is 4.90 Å². The topological polar surface area (TPSA) is 69.7 Å². The van der Waals surface area contributed by atoms with E-state index < -0.39 is 22.1 Å². The molecule has 0 radical (unpaired) electrons. The number of imide groups is 1. The van der Waals surface area contributed by atoms with Crippen molar-refractivity contribution >= 4 is 51.7 Å². The van der Waals surface area contributed by atoms with Crippen LogP contribution in [-0.2, 0) is 28.2 Å². The molecule has 3 atom stereocenters. The Morgan fingerprint density at radius 1 is 0.738 bits per heavy atom. The van der Waals surface area contributed by atoms with Gasteiger partial charge >= 0.3 is 0 Å². The minimum absolute atomic E-state index is 0.133. The van der Waals surface area contributed by atoms with Gasteiger partial charge in [0.1, 0.15) is 4.99 Å². The maximum absolute atomic E-state index is 14.9. The molecule has 0 saturated carbocycles. The number of hydrogen-bond donors (Lipinski definition) is 1. The molecular formula is C34H27N3O3S2. The van der Waals surface area contributed by atoms with Gasteiger partial charge < -0.3 is 10.2 Å². The smallest absolute Gasteiger partial charge is 0.290 e. The highest BCUT2D eigenvalue weighted by Crippen LogP contribution is 2.62. The zero-order chi connectivity index (χ0) is 29.1. The first-order valence-corrected chi connectivity index (χ1v) is 15.0. The molecule has 3 amide bonds. The van der Waals surface area contributed by atoms with Gasteiger partial charge in [0, 0.05) is 5.56 Å². The number of anilines is 1. The molecule has 6 nitrogen and oxygen atoms in total.